The molecule has 0 aromatic heterocycles. The van der Waals surface area contributed by atoms with E-state index >= 15 is 0 Å². The van der Waals surface area contributed by atoms with Crippen LogP contribution in [0.4, 0.5) is 5.69 Å². The van der Waals surface area contributed by atoms with Crippen molar-refractivity contribution < 1.29 is 9.53 Å². The van der Waals surface area contributed by atoms with Crippen molar-refractivity contribution >= 4 is 46.4 Å². The molecule has 0 radical (unpaired) electrons. The van der Waals surface area contributed by atoms with Crippen molar-refractivity contribution in [2.45, 2.75) is 6.42 Å². The number of hydrogen-bond donors (Lipinski definition) is 1. The van der Waals surface area contributed by atoms with Crippen LogP contribution in [-0.2, 0) is 4.79 Å². The lowest BCUT2D eigenvalue weighted by Gasteiger charge is -2.09. The highest BCUT2D eigenvalue weighted by Crippen LogP contribution is 2.25. The van der Waals surface area contributed by atoms with Crippen molar-refractivity contribution in [3.63, 3.8) is 0 Å². The fourth-order valence-corrected chi connectivity index (χ4v) is 2.10. The van der Waals surface area contributed by atoms with Gasteiger partial charge < -0.3 is 10.1 Å². The predicted molar refractivity (Wildman–Crippen MR) is 86.7 cm³/mol. The van der Waals surface area contributed by atoms with E-state index in [-0.39, 0.29) is 18.9 Å². The first-order chi connectivity index (χ1) is 10.1. The zero-order chi connectivity index (χ0) is 15.2. The summed E-state index contributed by atoms with van der Waals surface area (Å²) >= 11 is 17.6. The Morgan fingerprint density at radius 3 is 2.48 bits per heavy atom. The maximum Gasteiger partial charge on any atom is 0.227 e. The van der Waals surface area contributed by atoms with Gasteiger partial charge in [0.2, 0.25) is 5.91 Å². The van der Waals surface area contributed by atoms with E-state index in [4.69, 9.17) is 39.5 Å². The summed E-state index contributed by atoms with van der Waals surface area (Å²) in [6.07, 6.45) is 0.200. The van der Waals surface area contributed by atoms with E-state index < -0.39 is 0 Å². The molecule has 0 spiro atoms. The fraction of sp³-hybridized carbons (Fsp3) is 0.133. The molecule has 0 unspecified atom stereocenters. The maximum atomic E-state index is 11.8. The molecule has 0 aliphatic rings. The van der Waals surface area contributed by atoms with Crippen LogP contribution in [0.15, 0.2) is 42.5 Å². The van der Waals surface area contributed by atoms with Gasteiger partial charge in [-0.1, -0.05) is 46.9 Å². The molecule has 1 amide bonds. The summed E-state index contributed by atoms with van der Waals surface area (Å²) in [6, 6.07) is 12.0. The highest BCUT2D eigenvalue weighted by molar-refractivity contribution is 6.42. The van der Waals surface area contributed by atoms with Gasteiger partial charge in [-0.2, -0.15) is 0 Å². The van der Waals surface area contributed by atoms with Crippen molar-refractivity contribution in [3.05, 3.63) is 57.5 Å². The number of amides is 1. The molecule has 0 saturated carbocycles. The first kappa shape index (κ1) is 16.0. The van der Waals surface area contributed by atoms with Crippen LogP contribution in [-0.4, -0.2) is 12.5 Å². The molecular formula is C15H12Cl3NO2. The Hall–Kier alpha value is -1.42. The molecule has 0 atom stereocenters. The quantitative estimate of drug-likeness (QED) is 0.824. The molecule has 0 aliphatic heterocycles. The zero-order valence-corrected chi connectivity index (χ0v) is 13.2. The summed E-state index contributed by atoms with van der Waals surface area (Å²) in [5, 5.41) is 4.06. The van der Waals surface area contributed by atoms with E-state index in [0.717, 1.165) is 0 Å². The molecule has 0 fully saturated rings. The second kappa shape index (κ2) is 7.55. The molecule has 6 heteroatoms. The van der Waals surface area contributed by atoms with Crippen molar-refractivity contribution in [1.82, 2.24) is 0 Å². The summed E-state index contributed by atoms with van der Waals surface area (Å²) in [4.78, 5) is 11.8. The highest BCUT2D eigenvalue weighted by Gasteiger charge is 2.06. The molecule has 0 bridgehead atoms. The average molecular weight is 345 g/mol. The molecule has 21 heavy (non-hydrogen) atoms. The smallest absolute Gasteiger partial charge is 0.227 e. The van der Waals surface area contributed by atoms with Gasteiger partial charge in [0.25, 0.3) is 0 Å². The number of anilines is 1. The van der Waals surface area contributed by atoms with E-state index in [9.17, 15) is 4.79 Å². The third kappa shape index (κ3) is 4.81. The number of carbonyl (C=O) groups excluding carboxylic acids is 1. The Morgan fingerprint density at radius 2 is 1.76 bits per heavy atom. The number of halogens is 3. The Kier molecular flexibility index (Phi) is 5.74. The van der Waals surface area contributed by atoms with Gasteiger partial charge in [-0.15, -0.1) is 0 Å². The Bertz CT molecular complexity index is 647. The van der Waals surface area contributed by atoms with Crippen LogP contribution in [0.1, 0.15) is 6.42 Å². The summed E-state index contributed by atoms with van der Waals surface area (Å²) in [5.74, 6) is 0.377. The average Bonchev–Trinajstić information content (AvgIpc) is 2.45. The molecule has 1 N–H and O–H groups in total. The van der Waals surface area contributed by atoms with Gasteiger partial charge in [-0.25, -0.2) is 0 Å². The third-order valence-electron chi connectivity index (χ3n) is 2.63. The van der Waals surface area contributed by atoms with E-state index in [1.54, 1.807) is 30.3 Å². The number of ether oxygens (including phenoxy) is 1. The van der Waals surface area contributed by atoms with Gasteiger partial charge in [-0.3, -0.25) is 4.79 Å². The van der Waals surface area contributed by atoms with Gasteiger partial charge >= 0.3 is 0 Å². The molecule has 0 saturated heterocycles. The second-order valence-electron chi connectivity index (χ2n) is 4.21. The third-order valence-corrected chi connectivity index (χ3v) is 3.68. The van der Waals surface area contributed by atoms with Gasteiger partial charge in [-0.05, 0) is 30.3 Å². The second-order valence-corrected chi connectivity index (χ2v) is 5.43. The minimum absolute atomic E-state index is 0.180. The predicted octanol–water partition coefficient (Wildman–Crippen LogP) is 5.05. The van der Waals surface area contributed by atoms with Crippen LogP contribution in [0.25, 0.3) is 0 Å². The molecular weight excluding hydrogens is 333 g/mol. The first-order valence-corrected chi connectivity index (χ1v) is 7.32. The molecule has 2 rings (SSSR count). The first-order valence-electron chi connectivity index (χ1n) is 6.18. The van der Waals surface area contributed by atoms with Crippen LogP contribution in [0.3, 0.4) is 0 Å². The number of hydrogen-bond acceptors (Lipinski definition) is 2. The van der Waals surface area contributed by atoms with Crippen molar-refractivity contribution in [1.29, 1.82) is 0 Å². The summed E-state index contributed by atoms with van der Waals surface area (Å²) < 4.78 is 5.45. The largest absolute Gasteiger partial charge is 0.491 e. The summed E-state index contributed by atoms with van der Waals surface area (Å²) in [6.45, 7) is 0.233. The van der Waals surface area contributed by atoms with Crippen LogP contribution in [0.2, 0.25) is 15.1 Å². The topological polar surface area (TPSA) is 38.3 Å². The number of benzene rings is 2. The molecule has 0 aliphatic carbocycles. The number of carbonyl (C=O) groups is 1. The molecule has 2 aromatic carbocycles. The van der Waals surface area contributed by atoms with E-state index in [1.807, 2.05) is 12.1 Å². The standard InChI is InChI=1S/C15H12Cl3NO2/c16-11-6-5-10(9-13(11)18)19-15(20)7-8-21-14-4-2-1-3-12(14)17/h1-6,9H,7-8H2,(H,19,20). The number of rotatable bonds is 5. The Balaban J connectivity index is 1.82. The minimum atomic E-state index is -0.180. The van der Waals surface area contributed by atoms with Crippen molar-refractivity contribution in [2.24, 2.45) is 0 Å². The van der Waals surface area contributed by atoms with E-state index in [2.05, 4.69) is 5.32 Å². The normalized spacial score (nSPS) is 10.2. The number of para-hydroxylation sites is 1. The van der Waals surface area contributed by atoms with Crippen LogP contribution < -0.4 is 10.1 Å². The molecule has 110 valence electrons. The Morgan fingerprint density at radius 1 is 1.00 bits per heavy atom. The van der Waals surface area contributed by atoms with Gasteiger partial charge in [0.05, 0.1) is 28.1 Å². The lowest BCUT2D eigenvalue weighted by atomic mass is 10.3. The van der Waals surface area contributed by atoms with Gasteiger partial charge in [0.15, 0.2) is 0 Å². The molecule has 3 nitrogen and oxygen atoms in total. The van der Waals surface area contributed by atoms with Crippen LogP contribution in [0.5, 0.6) is 5.75 Å². The van der Waals surface area contributed by atoms with Crippen LogP contribution in [0, 0.1) is 0 Å². The summed E-state index contributed by atoms with van der Waals surface area (Å²) in [5.41, 5.74) is 0.590. The molecule has 0 heterocycles. The zero-order valence-electron chi connectivity index (χ0n) is 10.9. The van der Waals surface area contributed by atoms with Gasteiger partial charge in [0, 0.05) is 5.69 Å². The van der Waals surface area contributed by atoms with Crippen molar-refractivity contribution in [2.75, 3.05) is 11.9 Å². The van der Waals surface area contributed by atoms with E-state index in [1.165, 1.54) is 0 Å². The summed E-state index contributed by atoms with van der Waals surface area (Å²) in [7, 11) is 0. The highest BCUT2D eigenvalue weighted by atomic mass is 35.5. The SMILES string of the molecule is O=C(CCOc1ccccc1Cl)Nc1ccc(Cl)c(Cl)c1. The fourth-order valence-electron chi connectivity index (χ4n) is 1.61. The monoisotopic (exact) mass is 343 g/mol. The van der Waals surface area contributed by atoms with Crippen LogP contribution >= 0.6 is 34.8 Å². The number of nitrogens with one attached hydrogen (secondary N) is 1. The van der Waals surface area contributed by atoms with Crippen molar-refractivity contribution in [3.8, 4) is 5.75 Å². The Labute approximate surface area is 137 Å². The lowest BCUT2D eigenvalue weighted by Crippen LogP contribution is -2.15. The van der Waals surface area contributed by atoms with Gasteiger partial charge in [0.1, 0.15) is 5.75 Å². The maximum absolute atomic E-state index is 11.8. The lowest BCUT2D eigenvalue weighted by molar-refractivity contribution is -0.116. The molecule has 2 aromatic rings. The van der Waals surface area contributed by atoms with E-state index in [0.29, 0.717) is 26.5 Å². The minimum Gasteiger partial charge on any atom is -0.491 e.